The highest BCUT2D eigenvalue weighted by atomic mass is 19.1. The van der Waals surface area contributed by atoms with Crippen LogP contribution in [0.1, 0.15) is 16.8 Å². The molecule has 1 aliphatic rings. The van der Waals surface area contributed by atoms with Crippen LogP contribution < -0.4 is 10.2 Å². The first-order valence-electron chi connectivity index (χ1n) is 9.27. The smallest absolute Gasteiger partial charge is 0.314 e. The molecule has 2 aromatic carbocycles. The van der Waals surface area contributed by atoms with Crippen molar-refractivity contribution in [3.63, 3.8) is 0 Å². The first kappa shape index (κ1) is 19.3. The minimum absolute atomic E-state index is 0.218. The Morgan fingerprint density at radius 1 is 0.933 bits per heavy atom. The van der Waals surface area contributed by atoms with Gasteiger partial charge in [0.15, 0.2) is 0 Å². The zero-order valence-electron chi connectivity index (χ0n) is 16.3. The number of anilines is 1. The van der Waals surface area contributed by atoms with Crippen LogP contribution in [-0.2, 0) is 9.59 Å². The molecular weight excluding hydrogens is 385 g/mol. The van der Waals surface area contributed by atoms with E-state index in [9.17, 15) is 18.8 Å². The summed E-state index contributed by atoms with van der Waals surface area (Å²) in [7, 11) is 0. The van der Waals surface area contributed by atoms with Crippen LogP contribution in [0.3, 0.4) is 0 Å². The lowest BCUT2D eigenvalue weighted by atomic mass is 10.1. The summed E-state index contributed by atoms with van der Waals surface area (Å²) in [5, 5.41) is 2.21. The molecule has 4 amide bonds. The minimum Gasteiger partial charge on any atom is -0.314 e. The van der Waals surface area contributed by atoms with Gasteiger partial charge in [-0.3, -0.25) is 14.9 Å². The summed E-state index contributed by atoms with van der Waals surface area (Å²) < 4.78 is 15.8. The van der Waals surface area contributed by atoms with Crippen LogP contribution in [0, 0.1) is 19.7 Å². The number of urea groups is 1. The summed E-state index contributed by atoms with van der Waals surface area (Å²) in [4.78, 5) is 38.9. The van der Waals surface area contributed by atoms with E-state index in [2.05, 4.69) is 5.32 Å². The number of nitrogens with zero attached hydrogens (tertiary/aromatic N) is 2. The van der Waals surface area contributed by atoms with Gasteiger partial charge in [0.05, 0.1) is 11.4 Å². The van der Waals surface area contributed by atoms with Gasteiger partial charge in [0.1, 0.15) is 11.4 Å². The predicted octanol–water partition coefficient (Wildman–Crippen LogP) is 3.90. The maximum atomic E-state index is 14.2. The van der Waals surface area contributed by atoms with E-state index < -0.39 is 23.7 Å². The molecule has 0 atom stereocenters. The van der Waals surface area contributed by atoms with Crippen LogP contribution in [0.2, 0.25) is 0 Å². The Balaban J connectivity index is 1.78. The van der Waals surface area contributed by atoms with Gasteiger partial charge in [0.2, 0.25) is 0 Å². The third-order valence-corrected chi connectivity index (χ3v) is 4.75. The van der Waals surface area contributed by atoms with Crippen molar-refractivity contribution in [1.29, 1.82) is 0 Å². The second-order valence-corrected chi connectivity index (χ2v) is 7.06. The fourth-order valence-electron chi connectivity index (χ4n) is 3.50. The summed E-state index contributed by atoms with van der Waals surface area (Å²) in [6.45, 7) is 3.71. The lowest BCUT2D eigenvalue weighted by Gasteiger charge is -2.27. The average molecular weight is 403 g/mol. The third kappa shape index (κ3) is 3.41. The molecule has 1 saturated heterocycles. The van der Waals surface area contributed by atoms with Crippen LogP contribution in [-0.4, -0.2) is 22.4 Å². The Labute approximate surface area is 172 Å². The van der Waals surface area contributed by atoms with Crippen molar-refractivity contribution in [1.82, 2.24) is 9.88 Å². The molecule has 150 valence electrons. The summed E-state index contributed by atoms with van der Waals surface area (Å²) in [6.07, 6.45) is 2.98. The maximum absolute atomic E-state index is 14.2. The van der Waals surface area contributed by atoms with Gasteiger partial charge in [-0.2, -0.15) is 0 Å². The molecule has 6 nitrogen and oxygen atoms in total. The fourth-order valence-corrected chi connectivity index (χ4v) is 3.50. The van der Waals surface area contributed by atoms with E-state index in [0.717, 1.165) is 16.0 Å². The van der Waals surface area contributed by atoms with E-state index in [1.807, 2.05) is 19.9 Å². The molecule has 30 heavy (non-hydrogen) atoms. The number of carbonyl (C=O) groups excluding carboxylic acids is 3. The first-order valence-corrected chi connectivity index (χ1v) is 9.27. The fraction of sp³-hybridized carbons (Fsp3) is 0.0870. The highest BCUT2D eigenvalue weighted by Gasteiger charge is 2.37. The van der Waals surface area contributed by atoms with Gasteiger partial charge in [-0.05, 0) is 67.4 Å². The van der Waals surface area contributed by atoms with Gasteiger partial charge in [0.25, 0.3) is 11.8 Å². The number of aryl methyl sites for hydroxylation is 2. The quantitative estimate of drug-likeness (QED) is 0.533. The lowest BCUT2D eigenvalue weighted by molar-refractivity contribution is -0.122. The van der Waals surface area contributed by atoms with E-state index in [-0.39, 0.29) is 11.3 Å². The SMILES string of the molecule is Cc1cc(C)cc(N2C(=O)NC(=O)/C(=C\c3cccn3-c3ccccc3F)C2=O)c1. The van der Waals surface area contributed by atoms with Crippen LogP contribution in [0.5, 0.6) is 0 Å². The van der Waals surface area contributed by atoms with Gasteiger partial charge in [-0.1, -0.05) is 18.2 Å². The van der Waals surface area contributed by atoms with E-state index in [1.54, 1.807) is 48.7 Å². The number of imide groups is 2. The topological polar surface area (TPSA) is 71.4 Å². The van der Waals surface area contributed by atoms with Crippen molar-refractivity contribution in [3.05, 3.63) is 89.0 Å². The molecule has 0 radical (unpaired) electrons. The van der Waals surface area contributed by atoms with E-state index in [1.165, 1.54) is 16.7 Å². The van der Waals surface area contributed by atoms with Gasteiger partial charge >= 0.3 is 6.03 Å². The molecule has 0 aliphatic carbocycles. The molecule has 1 aromatic heterocycles. The highest BCUT2D eigenvalue weighted by Crippen LogP contribution is 2.25. The molecule has 1 N–H and O–H groups in total. The number of hydrogen-bond acceptors (Lipinski definition) is 3. The maximum Gasteiger partial charge on any atom is 0.335 e. The van der Waals surface area contributed by atoms with Crippen LogP contribution in [0.15, 0.2) is 66.4 Å². The average Bonchev–Trinajstić information content (AvgIpc) is 3.12. The number of hydrogen-bond donors (Lipinski definition) is 1. The van der Waals surface area contributed by atoms with Crippen molar-refractivity contribution >= 4 is 29.6 Å². The number of benzene rings is 2. The Hall–Kier alpha value is -4.00. The molecule has 0 bridgehead atoms. The summed E-state index contributed by atoms with van der Waals surface area (Å²) in [5.74, 6) is -1.98. The molecule has 1 aliphatic heterocycles. The first-order chi connectivity index (χ1) is 14.3. The number of carbonyl (C=O) groups is 3. The van der Waals surface area contributed by atoms with E-state index in [0.29, 0.717) is 11.4 Å². The summed E-state index contributed by atoms with van der Waals surface area (Å²) in [5.41, 5.74) is 2.61. The Kier molecular flexibility index (Phi) is 4.79. The number of nitrogens with one attached hydrogen (secondary N) is 1. The highest BCUT2D eigenvalue weighted by molar-refractivity contribution is 6.39. The van der Waals surface area contributed by atoms with Crippen molar-refractivity contribution < 1.29 is 18.8 Å². The molecule has 4 rings (SSSR count). The largest absolute Gasteiger partial charge is 0.335 e. The summed E-state index contributed by atoms with van der Waals surface area (Å²) >= 11 is 0. The number of amides is 4. The second-order valence-electron chi connectivity index (χ2n) is 7.06. The lowest BCUT2D eigenvalue weighted by Crippen LogP contribution is -2.54. The van der Waals surface area contributed by atoms with Crippen molar-refractivity contribution in [3.8, 4) is 5.69 Å². The molecule has 0 spiro atoms. The molecule has 1 fully saturated rings. The van der Waals surface area contributed by atoms with E-state index in [4.69, 9.17) is 0 Å². The zero-order chi connectivity index (χ0) is 21.4. The zero-order valence-corrected chi connectivity index (χ0v) is 16.3. The summed E-state index contributed by atoms with van der Waals surface area (Å²) in [6, 6.07) is 14.0. The standard InChI is InChI=1S/C23H18FN3O3/c1-14-10-15(2)12-17(11-14)27-22(29)18(21(28)25-23(27)30)13-16-6-5-9-26(16)20-8-4-3-7-19(20)24/h3-13H,1-2H3,(H,25,28,30)/b18-13+. The van der Waals surface area contributed by atoms with Crippen molar-refractivity contribution in [2.24, 2.45) is 0 Å². The normalized spacial score (nSPS) is 15.6. The second kappa shape index (κ2) is 7.44. The molecule has 0 unspecified atom stereocenters. The number of barbiturate groups is 1. The Morgan fingerprint density at radius 2 is 1.63 bits per heavy atom. The molecule has 0 saturated carbocycles. The predicted molar refractivity (Wildman–Crippen MR) is 111 cm³/mol. The van der Waals surface area contributed by atoms with Crippen LogP contribution in [0.25, 0.3) is 11.8 Å². The van der Waals surface area contributed by atoms with Gasteiger partial charge < -0.3 is 4.57 Å². The van der Waals surface area contributed by atoms with Gasteiger partial charge in [-0.25, -0.2) is 14.1 Å². The van der Waals surface area contributed by atoms with Gasteiger partial charge in [0, 0.05) is 11.9 Å². The molecular formula is C23H18FN3O3. The van der Waals surface area contributed by atoms with Crippen molar-refractivity contribution in [2.45, 2.75) is 13.8 Å². The number of para-hydroxylation sites is 1. The Morgan fingerprint density at radius 3 is 2.33 bits per heavy atom. The van der Waals surface area contributed by atoms with Crippen molar-refractivity contribution in [2.75, 3.05) is 4.90 Å². The van der Waals surface area contributed by atoms with Crippen LogP contribution in [0.4, 0.5) is 14.9 Å². The van der Waals surface area contributed by atoms with Crippen LogP contribution >= 0.6 is 0 Å². The molecule has 3 aromatic rings. The monoisotopic (exact) mass is 403 g/mol. The third-order valence-electron chi connectivity index (χ3n) is 4.75. The molecule has 2 heterocycles. The number of rotatable bonds is 3. The number of aromatic nitrogens is 1. The Bertz CT molecular complexity index is 1210. The van der Waals surface area contributed by atoms with Gasteiger partial charge in [-0.15, -0.1) is 0 Å². The van der Waals surface area contributed by atoms with E-state index >= 15 is 0 Å². The molecule has 7 heteroatoms. The minimum atomic E-state index is -0.809. The number of halogens is 1.